The summed E-state index contributed by atoms with van der Waals surface area (Å²) in [5.74, 6) is 0.632. The topological polar surface area (TPSA) is 44.1 Å². The van der Waals surface area contributed by atoms with Gasteiger partial charge in [0.15, 0.2) is 0 Å². The predicted molar refractivity (Wildman–Crippen MR) is 76.0 cm³/mol. The third kappa shape index (κ3) is 1.97. The van der Waals surface area contributed by atoms with Crippen molar-refractivity contribution in [2.75, 3.05) is 0 Å². The van der Waals surface area contributed by atoms with Crippen LogP contribution < -0.4 is 0 Å². The Morgan fingerprint density at radius 2 is 2.25 bits per heavy atom. The first kappa shape index (κ1) is 13.7. The molecule has 20 heavy (non-hydrogen) atoms. The Labute approximate surface area is 120 Å². The zero-order chi connectivity index (χ0) is 14.4. The molecule has 4 nitrogen and oxygen atoms in total. The van der Waals surface area contributed by atoms with E-state index in [-0.39, 0.29) is 17.5 Å². The molecule has 0 unspecified atom stereocenters. The van der Waals surface area contributed by atoms with Crippen molar-refractivity contribution in [3.05, 3.63) is 18.7 Å². The maximum atomic E-state index is 12.1. The maximum absolute atomic E-state index is 12.1. The number of imidazole rings is 1. The van der Waals surface area contributed by atoms with Crippen LogP contribution in [0, 0.1) is 16.7 Å². The van der Waals surface area contributed by atoms with Gasteiger partial charge in [0.2, 0.25) is 0 Å². The minimum absolute atomic E-state index is 0.0757. The smallest absolute Gasteiger partial charge is 0.307 e. The fourth-order valence-electron chi connectivity index (χ4n) is 4.17. The first-order valence-electron chi connectivity index (χ1n) is 7.59. The molecule has 3 atom stereocenters. The molecule has 0 aliphatic heterocycles. The van der Waals surface area contributed by atoms with Gasteiger partial charge in [-0.05, 0) is 30.6 Å². The molecule has 0 spiro atoms. The lowest BCUT2D eigenvalue weighted by Crippen LogP contribution is -2.38. The van der Waals surface area contributed by atoms with Crippen molar-refractivity contribution >= 4 is 5.97 Å². The van der Waals surface area contributed by atoms with Crippen LogP contribution in [0.4, 0.5) is 0 Å². The summed E-state index contributed by atoms with van der Waals surface area (Å²) in [6.07, 6.45) is 9.37. The summed E-state index contributed by atoms with van der Waals surface area (Å²) in [5.41, 5.74) is 0.449. The number of hydrogen-bond acceptors (Lipinski definition) is 3. The Kier molecular flexibility index (Phi) is 3.14. The summed E-state index contributed by atoms with van der Waals surface area (Å²) in [6.45, 7) is 7.62. The number of aryl methyl sites for hydroxylation is 1. The number of fused-ring (bicyclic) bond motifs is 2. The van der Waals surface area contributed by atoms with Crippen molar-refractivity contribution in [2.45, 2.75) is 59.1 Å². The number of carbonyl (C=O) groups is 1. The molecule has 4 heteroatoms. The Morgan fingerprint density at radius 1 is 1.45 bits per heavy atom. The maximum Gasteiger partial charge on any atom is 0.307 e. The third-order valence-corrected chi connectivity index (χ3v) is 6.12. The Hall–Kier alpha value is -1.32. The summed E-state index contributed by atoms with van der Waals surface area (Å²) < 4.78 is 7.72. The van der Waals surface area contributed by atoms with E-state index in [1.807, 2.05) is 10.8 Å². The van der Waals surface area contributed by atoms with Crippen LogP contribution >= 0.6 is 0 Å². The summed E-state index contributed by atoms with van der Waals surface area (Å²) in [6, 6.07) is 0. The molecule has 2 saturated carbocycles. The first-order valence-corrected chi connectivity index (χ1v) is 7.59. The van der Waals surface area contributed by atoms with Crippen LogP contribution in [0.25, 0.3) is 0 Å². The van der Waals surface area contributed by atoms with Gasteiger partial charge in [0.05, 0.1) is 12.7 Å². The summed E-state index contributed by atoms with van der Waals surface area (Å²) in [7, 11) is 0. The molecule has 0 amide bonds. The van der Waals surface area contributed by atoms with Gasteiger partial charge in [-0.15, -0.1) is 0 Å². The monoisotopic (exact) mass is 276 g/mol. The average Bonchev–Trinajstić information content (AvgIpc) is 3.02. The largest absolute Gasteiger partial charge is 0.462 e. The highest BCUT2D eigenvalue weighted by molar-refractivity contribution is 5.69. The molecule has 0 aromatic carbocycles. The molecule has 2 bridgehead atoms. The summed E-state index contributed by atoms with van der Waals surface area (Å²) >= 11 is 0. The predicted octanol–water partition coefficient (Wildman–Crippen LogP) is 3.03. The highest BCUT2D eigenvalue weighted by Crippen LogP contribution is 2.66. The van der Waals surface area contributed by atoms with Gasteiger partial charge in [0.1, 0.15) is 6.10 Å². The van der Waals surface area contributed by atoms with Crippen LogP contribution in [0.5, 0.6) is 0 Å². The van der Waals surface area contributed by atoms with Crippen molar-refractivity contribution in [1.82, 2.24) is 9.55 Å². The molecule has 1 aromatic rings. The van der Waals surface area contributed by atoms with Gasteiger partial charge in [-0.3, -0.25) is 4.79 Å². The zero-order valence-corrected chi connectivity index (χ0v) is 12.6. The number of nitrogens with zero attached hydrogens (tertiary/aromatic N) is 2. The lowest BCUT2D eigenvalue weighted by molar-refractivity contribution is -0.157. The first-order chi connectivity index (χ1) is 9.43. The van der Waals surface area contributed by atoms with Crippen LogP contribution in [0.1, 0.15) is 46.5 Å². The van der Waals surface area contributed by atoms with Gasteiger partial charge >= 0.3 is 5.97 Å². The van der Waals surface area contributed by atoms with E-state index in [4.69, 9.17) is 4.74 Å². The molecular weight excluding hydrogens is 252 g/mol. The molecule has 0 radical (unpaired) electrons. The quantitative estimate of drug-likeness (QED) is 0.794. The van der Waals surface area contributed by atoms with E-state index < -0.39 is 0 Å². The number of ether oxygens (including phenoxy) is 1. The Balaban J connectivity index is 1.58. The van der Waals surface area contributed by atoms with Crippen LogP contribution in [-0.4, -0.2) is 21.6 Å². The van der Waals surface area contributed by atoms with E-state index in [1.165, 1.54) is 12.8 Å². The van der Waals surface area contributed by atoms with E-state index in [1.54, 1.807) is 12.5 Å². The van der Waals surface area contributed by atoms with Gasteiger partial charge in [-0.25, -0.2) is 4.98 Å². The van der Waals surface area contributed by atoms with Gasteiger partial charge < -0.3 is 9.30 Å². The second-order valence-corrected chi connectivity index (χ2v) is 7.14. The van der Waals surface area contributed by atoms with Crippen LogP contribution in [-0.2, 0) is 16.1 Å². The zero-order valence-electron chi connectivity index (χ0n) is 12.6. The number of esters is 1. The average molecular weight is 276 g/mol. The van der Waals surface area contributed by atoms with E-state index in [9.17, 15) is 4.79 Å². The molecule has 3 rings (SSSR count). The SMILES string of the molecule is CC1(C)[C@H]2CC[C@@]1(C)[C@@H](OC(=O)CCn1ccnc1)C2. The highest BCUT2D eigenvalue weighted by Gasteiger charge is 2.62. The highest BCUT2D eigenvalue weighted by atomic mass is 16.5. The Morgan fingerprint density at radius 3 is 2.80 bits per heavy atom. The van der Waals surface area contributed by atoms with E-state index in [2.05, 4.69) is 25.8 Å². The number of rotatable bonds is 4. The van der Waals surface area contributed by atoms with Crippen molar-refractivity contribution in [2.24, 2.45) is 16.7 Å². The molecule has 0 N–H and O–H groups in total. The summed E-state index contributed by atoms with van der Waals surface area (Å²) in [5, 5.41) is 0. The number of hydrogen-bond donors (Lipinski definition) is 0. The van der Waals surface area contributed by atoms with E-state index in [0.29, 0.717) is 24.3 Å². The second kappa shape index (κ2) is 4.61. The minimum Gasteiger partial charge on any atom is -0.462 e. The molecule has 1 aromatic heterocycles. The van der Waals surface area contributed by atoms with Crippen molar-refractivity contribution in [3.8, 4) is 0 Å². The Bertz CT molecular complexity index is 495. The molecular formula is C16H24N2O2. The molecule has 0 saturated heterocycles. The lowest BCUT2D eigenvalue weighted by Gasteiger charge is -2.38. The van der Waals surface area contributed by atoms with Crippen molar-refractivity contribution in [3.63, 3.8) is 0 Å². The minimum atomic E-state index is -0.0757. The van der Waals surface area contributed by atoms with E-state index in [0.717, 1.165) is 6.42 Å². The van der Waals surface area contributed by atoms with Gasteiger partial charge in [-0.2, -0.15) is 0 Å². The van der Waals surface area contributed by atoms with Crippen LogP contribution in [0.3, 0.4) is 0 Å². The normalized spacial score (nSPS) is 34.4. The van der Waals surface area contributed by atoms with Gasteiger partial charge in [0.25, 0.3) is 0 Å². The van der Waals surface area contributed by atoms with Crippen molar-refractivity contribution < 1.29 is 9.53 Å². The molecule has 2 aliphatic carbocycles. The lowest BCUT2D eigenvalue weighted by atomic mass is 9.70. The molecule has 1 heterocycles. The molecule has 2 aliphatic rings. The third-order valence-electron chi connectivity index (χ3n) is 6.12. The second-order valence-electron chi connectivity index (χ2n) is 7.14. The fourth-order valence-corrected chi connectivity index (χ4v) is 4.17. The molecule has 2 fully saturated rings. The summed E-state index contributed by atoms with van der Waals surface area (Å²) in [4.78, 5) is 16.0. The fraction of sp³-hybridized carbons (Fsp3) is 0.750. The molecule has 110 valence electrons. The van der Waals surface area contributed by atoms with Crippen LogP contribution in [0.2, 0.25) is 0 Å². The van der Waals surface area contributed by atoms with E-state index >= 15 is 0 Å². The van der Waals surface area contributed by atoms with Crippen molar-refractivity contribution in [1.29, 1.82) is 0 Å². The van der Waals surface area contributed by atoms with Gasteiger partial charge in [0, 0.05) is 24.4 Å². The van der Waals surface area contributed by atoms with Crippen LogP contribution in [0.15, 0.2) is 18.7 Å². The van der Waals surface area contributed by atoms with Gasteiger partial charge in [-0.1, -0.05) is 20.8 Å². The standard InChI is InChI=1S/C16H24N2O2/c1-15(2)12-4-6-16(15,3)13(10-12)20-14(19)5-8-18-9-7-17-11-18/h7,9,11-13H,4-6,8,10H2,1-3H3/t12-,13-,16-/m0/s1. The number of aromatic nitrogens is 2. The number of carbonyl (C=O) groups excluding carboxylic acids is 1.